The standard InChI is InChI=1S/C14H16ClNO/c1-4-16-14(9-8-11(2)3)17-13-7-5-6-12(15)10-13/h4-8,10H,1,9H2,2-3H3. The molecule has 17 heavy (non-hydrogen) atoms. The van der Waals surface area contributed by atoms with Gasteiger partial charge in [0.2, 0.25) is 0 Å². The van der Waals surface area contributed by atoms with Crippen molar-refractivity contribution in [2.75, 3.05) is 0 Å². The Labute approximate surface area is 107 Å². The fraction of sp³-hybridized carbons (Fsp3) is 0.214. The summed E-state index contributed by atoms with van der Waals surface area (Å²) in [6.45, 7) is 7.64. The van der Waals surface area contributed by atoms with Crippen LogP contribution in [0, 0.1) is 0 Å². The third-order valence-corrected chi connectivity index (χ3v) is 2.19. The van der Waals surface area contributed by atoms with E-state index in [0.29, 0.717) is 23.1 Å². The molecule has 0 aliphatic carbocycles. The van der Waals surface area contributed by atoms with Gasteiger partial charge in [-0.2, -0.15) is 0 Å². The van der Waals surface area contributed by atoms with Crippen molar-refractivity contribution >= 4 is 17.5 Å². The normalized spacial score (nSPS) is 10.9. The summed E-state index contributed by atoms with van der Waals surface area (Å²) < 4.78 is 5.64. The molecule has 0 atom stereocenters. The van der Waals surface area contributed by atoms with Crippen LogP contribution in [0.25, 0.3) is 0 Å². The molecular formula is C14H16ClNO. The molecule has 2 nitrogen and oxygen atoms in total. The van der Waals surface area contributed by atoms with Gasteiger partial charge in [0.15, 0.2) is 5.90 Å². The van der Waals surface area contributed by atoms with E-state index in [4.69, 9.17) is 16.3 Å². The Kier molecular flexibility index (Phi) is 5.50. The highest BCUT2D eigenvalue weighted by atomic mass is 35.5. The maximum Gasteiger partial charge on any atom is 0.198 e. The molecule has 0 heterocycles. The van der Waals surface area contributed by atoms with Crippen LogP contribution in [0.4, 0.5) is 0 Å². The maximum atomic E-state index is 5.88. The summed E-state index contributed by atoms with van der Waals surface area (Å²) in [4.78, 5) is 4.09. The topological polar surface area (TPSA) is 21.6 Å². The SMILES string of the molecule is C=CN=C(CC=C(C)C)Oc1cccc(Cl)c1. The second kappa shape index (κ2) is 6.92. The molecule has 90 valence electrons. The zero-order chi connectivity index (χ0) is 12.7. The molecule has 0 radical (unpaired) electrons. The van der Waals surface area contributed by atoms with Crippen molar-refractivity contribution in [1.82, 2.24) is 0 Å². The number of aliphatic imine (C=N–C) groups is 1. The van der Waals surface area contributed by atoms with Gasteiger partial charge in [-0.1, -0.05) is 35.9 Å². The Hall–Kier alpha value is -1.54. The second-order valence-electron chi connectivity index (χ2n) is 3.75. The summed E-state index contributed by atoms with van der Waals surface area (Å²) in [6, 6.07) is 7.23. The van der Waals surface area contributed by atoms with Gasteiger partial charge in [-0.15, -0.1) is 0 Å². The number of nitrogens with zero attached hydrogens (tertiary/aromatic N) is 1. The van der Waals surface area contributed by atoms with Gasteiger partial charge in [-0.05, 0) is 32.0 Å². The van der Waals surface area contributed by atoms with E-state index in [1.54, 1.807) is 12.1 Å². The largest absolute Gasteiger partial charge is 0.443 e. The number of hydrogen-bond donors (Lipinski definition) is 0. The Morgan fingerprint density at radius 2 is 2.24 bits per heavy atom. The Morgan fingerprint density at radius 3 is 2.82 bits per heavy atom. The minimum atomic E-state index is 0.600. The van der Waals surface area contributed by atoms with E-state index in [0.717, 1.165) is 0 Å². The molecule has 0 amide bonds. The first-order chi connectivity index (χ1) is 8.11. The van der Waals surface area contributed by atoms with Gasteiger partial charge >= 0.3 is 0 Å². The lowest BCUT2D eigenvalue weighted by atomic mass is 10.2. The van der Waals surface area contributed by atoms with Gasteiger partial charge in [-0.25, -0.2) is 4.99 Å². The van der Waals surface area contributed by atoms with E-state index in [9.17, 15) is 0 Å². The number of allylic oxidation sites excluding steroid dienone is 1. The monoisotopic (exact) mass is 249 g/mol. The molecule has 0 aromatic heterocycles. The van der Waals surface area contributed by atoms with E-state index in [-0.39, 0.29) is 0 Å². The van der Waals surface area contributed by atoms with E-state index in [1.807, 2.05) is 32.1 Å². The molecule has 0 saturated carbocycles. The molecule has 0 spiro atoms. The zero-order valence-electron chi connectivity index (χ0n) is 10.1. The number of ether oxygens (including phenoxy) is 1. The van der Waals surface area contributed by atoms with Gasteiger partial charge in [-0.3, -0.25) is 0 Å². The lowest BCUT2D eigenvalue weighted by molar-refractivity contribution is 0.539. The molecule has 1 aromatic rings. The molecule has 0 unspecified atom stereocenters. The summed E-state index contributed by atoms with van der Waals surface area (Å²) in [5.41, 5.74) is 1.22. The second-order valence-corrected chi connectivity index (χ2v) is 4.19. The summed E-state index contributed by atoms with van der Waals surface area (Å²) in [7, 11) is 0. The molecule has 0 saturated heterocycles. The molecule has 3 heteroatoms. The number of halogens is 1. The van der Waals surface area contributed by atoms with Crippen LogP contribution in [0.5, 0.6) is 5.75 Å². The fourth-order valence-corrected chi connectivity index (χ4v) is 1.36. The summed E-state index contributed by atoms with van der Waals surface area (Å²) in [5.74, 6) is 1.28. The first-order valence-electron chi connectivity index (χ1n) is 5.36. The minimum Gasteiger partial charge on any atom is -0.443 e. The molecule has 0 N–H and O–H groups in total. The predicted molar refractivity (Wildman–Crippen MR) is 73.8 cm³/mol. The molecule has 1 rings (SSSR count). The molecule has 0 bridgehead atoms. The van der Waals surface area contributed by atoms with Gasteiger partial charge < -0.3 is 4.74 Å². The molecule has 1 aromatic carbocycles. The first kappa shape index (κ1) is 13.5. The van der Waals surface area contributed by atoms with Crippen molar-refractivity contribution in [2.24, 2.45) is 4.99 Å². The lowest BCUT2D eigenvalue weighted by Crippen LogP contribution is -2.07. The van der Waals surface area contributed by atoms with E-state index in [2.05, 4.69) is 11.6 Å². The maximum absolute atomic E-state index is 5.88. The highest BCUT2D eigenvalue weighted by molar-refractivity contribution is 6.30. The van der Waals surface area contributed by atoms with Crippen LogP contribution in [0.15, 0.2) is 53.7 Å². The summed E-state index contributed by atoms with van der Waals surface area (Å²) >= 11 is 5.88. The first-order valence-corrected chi connectivity index (χ1v) is 5.74. The van der Waals surface area contributed by atoms with Crippen molar-refractivity contribution in [3.63, 3.8) is 0 Å². The summed E-state index contributed by atoms with van der Waals surface area (Å²) in [6.07, 6.45) is 4.16. The van der Waals surface area contributed by atoms with Crippen molar-refractivity contribution < 1.29 is 4.74 Å². The minimum absolute atomic E-state index is 0.600. The quantitative estimate of drug-likeness (QED) is 0.434. The highest BCUT2D eigenvalue weighted by Gasteiger charge is 2.01. The average Bonchev–Trinajstić information content (AvgIpc) is 2.26. The van der Waals surface area contributed by atoms with Crippen LogP contribution in [-0.2, 0) is 0 Å². The average molecular weight is 250 g/mol. The van der Waals surface area contributed by atoms with Gasteiger partial charge in [0.1, 0.15) is 5.75 Å². The molecule has 0 aliphatic rings. The number of rotatable bonds is 4. The van der Waals surface area contributed by atoms with Gasteiger partial charge in [0.05, 0.1) is 0 Å². The zero-order valence-corrected chi connectivity index (χ0v) is 10.9. The third kappa shape index (κ3) is 5.36. The van der Waals surface area contributed by atoms with E-state index >= 15 is 0 Å². The third-order valence-electron chi connectivity index (χ3n) is 1.95. The van der Waals surface area contributed by atoms with Crippen LogP contribution in [0.2, 0.25) is 5.02 Å². The van der Waals surface area contributed by atoms with Crippen molar-refractivity contribution in [3.8, 4) is 5.75 Å². The van der Waals surface area contributed by atoms with Crippen LogP contribution < -0.4 is 4.74 Å². The predicted octanol–water partition coefficient (Wildman–Crippen LogP) is 4.62. The Balaban J connectivity index is 2.77. The number of benzene rings is 1. The molecule has 0 aliphatic heterocycles. The van der Waals surface area contributed by atoms with E-state index < -0.39 is 0 Å². The van der Waals surface area contributed by atoms with Gasteiger partial charge in [0.25, 0.3) is 0 Å². The van der Waals surface area contributed by atoms with Gasteiger partial charge in [0, 0.05) is 17.6 Å². The van der Waals surface area contributed by atoms with Crippen LogP contribution in [0.1, 0.15) is 20.3 Å². The van der Waals surface area contributed by atoms with Crippen molar-refractivity contribution in [2.45, 2.75) is 20.3 Å². The van der Waals surface area contributed by atoms with Crippen molar-refractivity contribution in [3.05, 3.63) is 53.7 Å². The smallest absolute Gasteiger partial charge is 0.198 e. The lowest BCUT2D eigenvalue weighted by Gasteiger charge is -2.07. The Morgan fingerprint density at radius 1 is 1.47 bits per heavy atom. The fourth-order valence-electron chi connectivity index (χ4n) is 1.18. The molecular weight excluding hydrogens is 234 g/mol. The van der Waals surface area contributed by atoms with Crippen LogP contribution in [0.3, 0.4) is 0 Å². The highest BCUT2D eigenvalue weighted by Crippen LogP contribution is 2.18. The Bertz CT molecular complexity index is 445. The van der Waals surface area contributed by atoms with Crippen LogP contribution in [-0.4, -0.2) is 5.90 Å². The number of hydrogen-bond acceptors (Lipinski definition) is 2. The van der Waals surface area contributed by atoms with E-state index in [1.165, 1.54) is 11.8 Å². The van der Waals surface area contributed by atoms with Crippen LogP contribution >= 0.6 is 11.6 Å². The summed E-state index contributed by atoms with van der Waals surface area (Å²) in [5, 5.41) is 0.641. The molecule has 0 fully saturated rings. The van der Waals surface area contributed by atoms with Crippen molar-refractivity contribution in [1.29, 1.82) is 0 Å².